The summed E-state index contributed by atoms with van der Waals surface area (Å²) >= 11 is 0. The summed E-state index contributed by atoms with van der Waals surface area (Å²) in [5.41, 5.74) is 0.381. The highest BCUT2D eigenvalue weighted by molar-refractivity contribution is 7.89. The van der Waals surface area contributed by atoms with Crippen LogP contribution < -0.4 is 0 Å². The van der Waals surface area contributed by atoms with Gasteiger partial charge in [-0.05, 0) is 37.1 Å². The first-order chi connectivity index (χ1) is 7.91. The van der Waals surface area contributed by atoms with Crippen LogP contribution >= 0.6 is 0 Å². The maximum atomic E-state index is 12.9. The van der Waals surface area contributed by atoms with E-state index in [4.69, 9.17) is 0 Å². The number of sulfonamides is 1. The number of benzene rings is 1. The summed E-state index contributed by atoms with van der Waals surface area (Å²) in [5.74, 6) is -0.456. The molecule has 1 fully saturated rings. The van der Waals surface area contributed by atoms with Crippen molar-refractivity contribution in [2.24, 2.45) is 0 Å². The molecule has 2 rings (SSSR count). The Morgan fingerprint density at radius 2 is 2.18 bits per heavy atom. The molecule has 1 aliphatic rings. The maximum Gasteiger partial charge on any atom is 0.243 e. The Kier molecular flexibility index (Phi) is 3.20. The molecule has 4 nitrogen and oxygen atoms in total. The minimum Gasteiger partial charge on any atom is -0.392 e. The molecule has 1 aromatic carbocycles. The Morgan fingerprint density at radius 3 is 2.71 bits per heavy atom. The third kappa shape index (κ3) is 2.34. The molecule has 1 heterocycles. The summed E-state index contributed by atoms with van der Waals surface area (Å²) in [5, 5.41) is 9.36. The lowest BCUT2D eigenvalue weighted by Crippen LogP contribution is -2.30. The van der Waals surface area contributed by atoms with E-state index in [0.717, 1.165) is 6.07 Å². The Labute approximate surface area is 99.7 Å². The number of aliphatic hydroxyl groups is 1. The molecular weight excluding hydrogens is 245 g/mol. The Hall–Kier alpha value is -0.980. The third-order valence-corrected chi connectivity index (χ3v) is 4.91. The summed E-state index contributed by atoms with van der Waals surface area (Å²) in [6.07, 6.45) is -0.162. The van der Waals surface area contributed by atoms with Crippen LogP contribution in [-0.2, 0) is 10.0 Å². The second-order valence-corrected chi connectivity index (χ2v) is 6.12. The van der Waals surface area contributed by atoms with Gasteiger partial charge in [0.1, 0.15) is 5.82 Å². The fourth-order valence-corrected chi connectivity index (χ4v) is 3.67. The lowest BCUT2D eigenvalue weighted by molar-refractivity contribution is 0.189. The first-order valence-corrected chi connectivity index (χ1v) is 6.79. The Balaban J connectivity index is 2.38. The molecule has 0 amide bonds. The van der Waals surface area contributed by atoms with Gasteiger partial charge in [-0.15, -0.1) is 0 Å². The molecule has 0 aromatic heterocycles. The van der Waals surface area contributed by atoms with Crippen molar-refractivity contribution in [3.05, 3.63) is 29.6 Å². The average molecular weight is 259 g/mol. The quantitative estimate of drug-likeness (QED) is 0.858. The maximum absolute atomic E-state index is 12.9. The highest BCUT2D eigenvalue weighted by atomic mass is 32.2. The predicted octanol–water partition coefficient (Wildman–Crippen LogP) is 0.889. The van der Waals surface area contributed by atoms with Crippen LogP contribution in [0.15, 0.2) is 23.1 Å². The van der Waals surface area contributed by atoms with Crippen molar-refractivity contribution in [1.29, 1.82) is 0 Å². The van der Waals surface area contributed by atoms with Crippen LogP contribution in [0.2, 0.25) is 0 Å². The van der Waals surface area contributed by atoms with Gasteiger partial charge in [0, 0.05) is 13.1 Å². The minimum absolute atomic E-state index is 0.105. The molecular formula is C11H14FNO3S. The van der Waals surface area contributed by atoms with Crippen molar-refractivity contribution < 1.29 is 17.9 Å². The summed E-state index contributed by atoms with van der Waals surface area (Å²) < 4.78 is 38.6. The summed E-state index contributed by atoms with van der Waals surface area (Å²) in [7, 11) is -3.61. The average Bonchev–Trinajstić information content (AvgIpc) is 2.64. The molecule has 0 radical (unpaired) electrons. The van der Waals surface area contributed by atoms with Crippen LogP contribution in [0.5, 0.6) is 0 Å². The van der Waals surface area contributed by atoms with Crippen LogP contribution in [0.25, 0.3) is 0 Å². The van der Waals surface area contributed by atoms with Gasteiger partial charge in [-0.1, -0.05) is 0 Å². The van der Waals surface area contributed by atoms with Crippen molar-refractivity contribution in [1.82, 2.24) is 4.31 Å². The summed E-state index contributed by atoms with van der Waals surface area (Å²) in [6.45, 7) is 1.97. The highest BCUT2D eigenvalue weighted by Gasteiger charge is 2.32. The molecule has 1 unspecified atom stereocenters. The molecule has 0 spiro atoms. The number of halogens is 1. The second-order valence-electron chi connectivity index (χ2n) is 4.22. The number of aryl methyl sites for hydroxylation is 1. The number of nitrogens with zero attached hydrogens (tertiary/aromatic N) is 1. The number of hydrogen-bond acceptors (Lipinski definition) is 3. The van der Waals surface area contributed by atoms with Gasteiger partial charge >= 0.3 is 0 Å². The Morgan fingerprint density at radius 1 is 1.47 bits per heavy atom. The van der Waals surface area contributed by atoms with Crippen LogP contribution in [0.4, 0.5) is 4.39 Å². The summed E-state index contributed by atoms with van der Waals surface area (Å²) in [4.78, 5) is 0.105. The Bertz CT molecular complexity index is 530. The topological polar surface area (TPSA) is 57.6 Å². The zero-order chi connectivity index (χ0) is 12.6. The third-order valence-electron chi connectivity index (χ3n) is 2.88. The van der Waals surface area contributed by atoms with Crippen molar-refractivity contribution in [3.63, 3.8) is 0 Å². The normalized spacial score (nSPS) is 21.9. The van der Waals surface area contributed by atoms with E-state index >= 15 is 0 Å². The predicted molar refractivity (Wildman–Crippen MR) is 60.5 cm³/mol. The minimum atomic E-state index is -3.61. The molecule has 1 aromatic rings. The van der Waals surface area contributed by atoms with E-state index in [1.54, 1.807) is 6.92 Å². The van der Waals surface area contributed by atoms with Crippen LogP contribution in [0, 0.1) is 12.7 Å². The smallest absolute Gasteiger partial charge is 0.243 e. The number of rotatable bonds is 2. The molecule has 0 aliphatic carbocycles. The lowest BCUT2D eigenvalue weighted by atomic mass is 10.2. The second kappa shape index (κ2) is 4.36. The number of hydrogen-bond donors (Lipinski definition) is 1. The van der Waals surface area contributed by atoms with Gasteiger partial charge in [0.2, 0.25) is 10.0 Å². The van der Waals surface area contributed by atoms with Crippen molar-refractivity contribution in [2.75, 3.05) is 13.1 Å². The molecule has 1 aliphatic heterocycles. The van der Waals surface area contributed by atoms with E-state index in [2.05, 4.69) is 0 Å². The van der Waals surface area contributed by atoms with Gasteiger partial charge < -0.3 is 5.11 Å². The van der Waals surface area contributed by atoms with E-state index in [-0.39, 0.29) is 11.4 Å². The van der Waals surface area contributed by atoms with E-state index in [0.29, 0.717) is 18.5 Å². The van der Waals surface area contributed by atoms with Gasteiger partial charge in [-0.2, -0.15) is 4.31 Å². The monoisotopic (exact) mass is 259 g/mol. The standard InChI is InChI=1S/C11H14FNO3S/c1-8-6-9(12)2-3-11(8)17(15,16)13-5-4-10(14)7-13/h2-3,6,10,14H,4-5,7H2,1H3. The zero-order valence-electron chi connectivity index (χ0n) is 9.43. The molecule has 0 bridgehead atoms. The van der Waals surface area contributed by atoms with Gasteiger partial charge in [-0.3, -0.25) is 0 Å². The van der Waals surface area contributed by atoms with Crippen LogP contribution in [0.3, 0.4) is 0 Å². The fourth-order valence-electron chi connectivity index (χ4n) is 1.97. The SMILES string of the molecule is Cc1cc(F)ccc1S(=O)(=O)N1CCC(O)C1. The van der Waals surface area contributed by atoms with Gasteiger partial charge in [0.25, 0.3) is 0 Å². The van der Waals surface area contributed by atoms with E-state index in [9.17, 15) is 17.9 Å². The van der Waals surface area contributed by atoms with Gasteiger partial charge in [0.05, 0.1) is 11.0 Å². The molecule has 0 saturated carbocycles. The fraction of sp³-hybridized carbons (Fsp3) is 0.455. The van der Waals surface area contributed by atoms with E-state index in [1.807, 2.05) is 0 Å². The molecule has 1 saturated heterocycles. The first-order valence-electron chi connectivity index (χ1n) is 5.35. The van der Waals surface area contributed by atoms with Crippen molar-refractivity contribution in [3.8, 4) is 0 Å². The van der Waals surface area contributed by atoms with E-state index < -0.39 is 21.9 Å². The number of β-amino-alcohol motifs (C(OH)–C–C–N with tert-alkyl or cyclic N) is 1. The molecule has 6 heteroatoms. The number of aliphatic hydroxyl groups excluding tert-OH is 1. The van der Waals surface area contributed by atoms with Crippen molar-refractivity contribution in [2.45, 2.75) is 24.3 Å². The summed E-state index contributed by atoms with van der Waals surface area (Å²) in [6, 6.07) is 3.59. The zero-order valence-corrected chi connectivity index (χ0v) is 10.2. The van der Waals surface area contributed by atoms with Gasteiger partial charge in [0.15, 0.2) is 0 Å². The molecule has 94 valence electrons. The van der Waals surface area contributed by atoms with Crippen molar-refractivity contribution >= 4 is 10.0 Å². The first kappa shape index (κ1) is 12.5. The van der Waals surface area contributed by atoms with Crippen LogP contribution in [-0.4, -0.2) is 37.0 Å². The van der Waals surface area contributed by atoms with E-state index in [1.165, 1.54) is 16.4 Å². The molecule has 17 heavy (non-hydrogen) atoms. The highest BCUT2D eigenvalue weighted by Crippen LogP contribution is 2.24. The lowest BCUT2D eigenvalue weighted by Gasteiger charge is -2.17. The molecule has 1 atom stereocenters. The molecule has 1 N–H and O–H groups in total. The van der Waals surface area contributed by atoms with Crippen LogP contribution in [0.1, 0.15) is 12.0 Å². The van der Waals surface area contributed by atoms with Gasteiger partial charge in [-0.25, -0.2) is 12.8 Å². The largest absolute Gasteiger partial charge is 0.392 e.